The highest BCUT2D eigenvalue weighted by Crippen LogP contribution is 2.16. The van der Waals surface area contributed by atoms with E-state index < -0.39 is 11.8 Å². The number of pyridine rings is 1. The first-order valence-corrected chi connectivity index (χ1v) is 8.84. The lowest BCUT2D eigenvalue weighted by Crippen LogP contribution is -2.38. The molecule has 0 atom stereocenters. The van der Waals surface area contributed by atoms with Crippen molar-refractivity contribution in [2.24, 2.45) is 0 Å². The molecule has 2 aromatic heterocycles. The van der Waals surface area contributed by atoms with Crippen LogP contribution in [0.25, 0.3) is 11.0 Å². The van der Waals surface area contributed by atoms with E-state index in [2.05, 4.69) is 9.97 Å². The number of ether oxygens (including phenoxy) is 1. The maximum atomic E-state index is 13.0. The van der Waals surface area contributed by atoms with Crippen LogP contribution in [0.4, 0.5) is 0 Å². The number of benzene rings is 2. The van der Waals surface area contributed by atoms with Gasteiger partial charge in [0.05, 0.1) is 0 Å². The number of rotatable bonds is 5. The highest BCUT2D eigenvalue weighted by molar-refractivity contribution is 6.07. The Morgan fingerprint density at radius 3 is 2.41 bits per heavy atom. The van der Waals surface area contributed by atoms with Gasteiger partial charge in [-0.1, -0.05) is 48.5 Å². The Bertz CT molecular complexity index is 1190. The molecule has 0 aliphatic heterocycles. The van der Waals surface area contributed by atoms with Crippen LogP contribution in [0.2, 0.25) is 0 Å². The summed E-state index contributed by atoms with van der Waals surface area (Å²) >= 11 is 0. The fourth-order valence-electron chi connectivity index (χ4n) is 2.91. The molecule has 0 aliphatic rings. The predicted molar refractivity (Wildman–Crippen MR) is 104 cm³/mol. The van der Waals surface area contributed by atoms with Crippen LogP contribution in [-0.4, -0.2) is 21.7 Å². The van der Waals surface area contributed by atoms with Crippen LogP contribution in [0.1, 0.15) is 32.2 Å². The third-order valence-electron chi connectivity index (χ3n) is 4.30. The molecular weight excluding hydrogens is 370 g/mol. The van der Waals surface area contributed by atoms with E-state index >= 15 is 0 Å². The second kappa shape index (κ2) is 7.85. The molecule has 4 rings (SSSR count). The lowest BCUT2D eigenvalue weighted by Gasteiger charge is -2.11. The van der Waals surface area contributed by atoms with Crippen molar-refractivity contribution in [1.82, 2.24) is 9.97 Å². The van der Waals surface area contributed by atoms with Crippen molar-refractivity contribution in [2.45, 2.75) is 6.61 Å². The van der Waals surface area contributed by atoms with E-state index in [4.69, 9.17) is 4.74 Å². The average molecular weight is 385 g/mol. The maximum absolute atomic E-state index is 13.0. The Morgan fingerprint density at radius 2 is 1.66 bits per heavy atom. The molecule has 0 aliphatic carbocycles. The number of ketones is 1. The fraction of sp³-hybridized carbons (Fsp3) is 0.0455. The molecule has 0 amide bonds. The summed E-state index contributed by atoms with van der Waals surface area (Å²) in [6.07, 6.45) is 1.47. The molecule has 0 saturated carbocycles. The topological polar surface area (TPSA) is 96.1 Å². The number of carbonyl (C=O) groups is 2. The zero-order chi connectivity index (χ0) is 20.2. The Morgan fingerprint density at radius 1 is 0.931 bits per heavy atom. The number of nitrogens with zero attached hydrogens (tertiary/aromatic N) is 3. The highest BCUT2D eigenvalue weighted by Gasteiger charge is 2.28. The second-order valence-electron chi connectivity index (χ2n) is 6.18. The smallest absolute Gasteiger partial charge is 0.357 e. The molecular formula is C22H15N3O4. The largest absolute Gasteiger partial charge is 0.618 e. The van der Waals surface area contributed by atoms with Crippen molar-refractivity contribution < 1.29 is 19.1 Å². The molecule has 0 bridgehead atoms. The molecule has 0 spiro atoms. The fourth-order valence-corrected chi connectivity index (χ4v) is 2.91. The number of hydrogen-bond donors (Lipinski definition) is 0. The number of aromatic nitrogens is 3. The summed E-state index contributed by atoms with van der Waals surface area (Å²) in [7, 11) is 0. The molecule has 7 heteroatoms. The molecule has 2 aromatic carbocycles. The molecule has 0 saturated heterocycles. The van der Waals surface area contributed by atoms with Crippen molar-refractivity contribution in [3.05, 3.63) is 107 Å². The van der Waals surface area contributed by atoms with Gasteiger partial charge in [-0.05, 0) is 18.2 Å². The van der Waals surface area contributed by atoms with Crippen molar-refractivity contribution >= 4 is 22.8 Å². The first kappa shape index (κ1) is 18.2. The normalized spacial score (nSPS) is 10.6. The predicted octanol–water partition coefficient (Wildman–Crippen LogP) is 2.85. The summed E-state index contributed by atoms with van der Waals surface area (Å²) in [5, 5.41) is 13.0. The van der Waals surface area contributed by atoms with Crippen molar-refractivity contribution in [3.8, 4) is 0 Å². The van der Waals surface area contributed by atoms with Crippen LogP contribution >= 0.6 is 0 Å². The van der Waals surface area contributed by atoms with Crippen LogP contribution in [0.15, 0.2) is 79.0 Å². The lowest BCUT2D eigenvalue weighted by atomic mass is 10.1. The molecule has 142 valence electrons. The van der Waals surface area contributed by atoms with Gasteiger partial charge in [0.25, 0.3) is 11.5 Å². The van der Waals surface area contributed by atoms with Gasteiger partial charge in [-0.2, -0.15) is 4.73 Å². The van der Waals surface area contributed by atoms with Crippen molar-refractivity contribution in [1.29, 1.82) is 0 Å². The van der Waals surface area contributed by atoms with E-state index in [0.29, 0.717) is 15.8 Å². The van der Waals surface area contributed by atoms with Gasteiger partial charge < -0.3 is 9.94 Å². The highest BCUT2D eigenvalue weighted by atomic mass is 16.5. The Balaban J connectivity index is 1.75. The van der Waals surface area contributed by atoms with Gasteiger partial charge in [0.1, 0.15) is 17.8 Å². The zero-order valence-corrected chi connectivity index (χ0v) is 15.2. The maximum Gasteiger partial charge on any atom is 0.357 e. The summed E-state index contributed by atoms with van der Waals surface area (Å²) in [5.74, 6) is -1.17. The molecule has 0 radical (unpaired) electrons. The Labute approximate surface area is 165 Å². The monoisotopic (exact) mass is 385 g/mol. The molecule has 0 fully saturated rings. The lowest BCUT2D eigenvalue weighted by molar-refractivity contribution is -0.580. The van der Waals surface area contributed by atoms with Crippen LogP contribution < -0.4 is 4.73 Å². The summed E-state index contributed by atoms with van der Waals surface area (Å²) < 4.78 is 5.82. The van der Waals surface area contributed by atoms with Crippen molar-refractivity contribution in [2.75, 3.05) is 0 Å². The third-order valence-corrected chi connectivity index (χ3v) is 4.30. The van der Waals surface area contributed by atoms with E-state index in [0.717, 1.165) is 0 Å². The van der Waals surface area contributed by atoms with Crippen LogP contribution in [0, 0.1) is 5.21 Å². The van der Waals surface area contributed by atoms with E-state index in [1.54, 1.807) is 66.7 Å². The first-order valence-electron chi connectivity index (χ1n) is 8.84. The van der Waals surface area contributed by atoms with Crippen molar-refractivity contribution in [3.63, 3.8) is 0 Å². The second-order valence-corrected chi connectivity index (χ2v) is 6.18. The molecule has 2 heterocycles. The van der Waals surface area contributed by atoms with Gasteiger partial charge in [0, 0.05) is 17.8 Å². The number of hydrogen-bond acceptors (Lipinski definition) is 6. The molecule has 4 aromatic rings. The minimum atomic E-state index is -0.670. The molecule has 0 N–H and O–H groups in total. The molecule has 0 unspecified atom stereocenters. The number of carbonyl (C=O) groups excluding carboxylic acids is 2. The Hall–Kier alpha value is -4.13. The number of esters is 1. The number of para-hydroxylation sites is 2. The van der Waals surface area contributed by atoms with E-state index in [1.165, 1.54) is 12.3 Å². The van der Waals surface area contributed by atoms with Crippen LogP contribution in [-0.2, 0) is 11.3 Å². The van der Waals surface area contributed by atoms with Gasteiger partial charge in [0.2, 0.25) is 5.52 Å². The summed E-state index contributed by atoms with van der Waals surface area (Å²) in [6.45, 7) is -0.337. The van der Waals surface area contributed by atoms with Gasteiger partial charge in [-0.25, -0.2) is 14.8 Å². The quantitative estimate of drug-likeness (QED) is 0.227. The van der Waals surface area contributed by atoms with Crippen LogP contribution in [0.3, 0.4) is 0 Å². The van der Waals surface area contributed by atoms with E-state index in [-0.39, 0.29) is 29.2 Å². The summed E-state index contributed by atoms with van der Waals surface area (Å²) in [4.78, 5) is 33.6. The van der Waals surface area contributed by atoms with E-state index in [1.807, 2.05) is 0 Å². The average Bonchev–Trinajstić information content (AvgIpc) is 2.78. The van der Waals surface area contributed by atoms with Gasteiger partial charge in [-0.15, -0.1) is 0 Å². The van der Waals surface area contributed by atoms with E-state index in [9.17, 15) is 14.8 Å². The van der Waals surface area contributed by atoms with Gasteiger partial charge in [-0.3, -0.25) is 4.79 Å². The van der Waals surface area contributed by atoms with Crippen LogP contribution in [0.5, 0.6) is 0 Å². The minimum Gasteiger partial charge on any atom is -0.618 e. The number of fused-ring (bicyclic) bond motifs is 1. The van der Waals surface area contributed by atoms with Gasteiger partial charge in [0.15, 0.2) is 5.69 Å². The molecule has 29 heavy (non-hydrogen) atoms. The molecule has 7 nitrogen and oxygen atoms in total. The third kappa shape index (κ3) is 3.66. The SMILES string of the molecule is O=C(OCc1nc2ccccc2[n+]([O-])c1C(=O)c1ccccc1)c1ccccn1. The zero-order valence-electron chi connectivity index (χ0n) is 15.2. The Kier molecular flexibility index (Phi) is 4.94. The van der Waals surface area contributed by atoms with Gasteiger partial charge >= 0.3 is 5.97 Å². The standard InChI is InChI=1S/C22H15N3O4/c26-21(15-8-2-1-3-9-15)20-18(14-29-22(27)17-11-6-7-13-23-17)24-16-10-4-5-12-19(16)25(20)28/h1-13H,14H2. The summed E-state index contributed by atoms with van der Waals surface area (Å²) in [5.41, 5.74) is 1.02. The first-order chi connectivity index (χ1) is 14.1. The minimum absolute atomic E-state index is 0.0804. The summed E-state index contributed by atoms with van der Waals surface area (Å²) in [6, 6.07) is 19.9.